The van der Waals surface area contributed by atoms with Gasteiger partial charge in [0.05, 0.1) is 0 Å². The van der Waals surface area contributed by atoms with Crippen LogP contribution < -0.4 is 4.72 Å². The van der Waals surface area contributed by atoms with Gasteiger partial charge in [0.25, 0.3) is 0 Å². The first-order chi connectivity index (χ1) is 11.5. The number of fused-ring (bicyclic) bond motifs is 1. The summed E-state index contributed by atoms with van der Waals surface area (Å²) in [6, 6.07) is 2.37. The molecule has 0 heterocycles. The zero-order chi connectivity index (χ0) is 17.7. The maximum absolute atomic E-state index is 11.3. The van der Waals surface area contributed by atoms with Crippen LogP contribution in [0.2, 0.25) is 0 Å². The van der Waals surface area contributed by atoms with Crippen molar-refractivity contribution >= 4 is 10.2 Å². The molecule has 0 unspecified atom stereocenters. The predicted molar refractivity (Wildman–Crippen MR) is 109 cm³/mol. The summed E-state index contributed by atoms with van der Waals surface area (Å²) in [5.74, 6) is 3.18. The van der Waals surface area contributed by atoms with Gasteiger partial charge in [-0.05, 0) is 66.7 Å². The maximum atomic E-state index is 11.3. The summed E-state index contributed by atoms with van der Waals surface area (Å²) in [4.78, 5) is 1.23. The highest BCUT2D eigenvalue weighted by molar-refractivity contribution is 8.32. The number of aryl methyl sites for hydroxylation is 1. The van der Waals surface area contributed by atoms with E-state index in [1.54, 1.807) is 0 Å². The van der Waals surface area contributed by atoms with Crippen molar-refractivity contribution in [2.24, 2.45) is 0 Å². The molecular weight excluding hydrogens is 314 g/mol. The molecule has 1 aliphatic carbocycles. The molecule has 0 amide bonds. The van der Waals surface area contributed by atoms with Crippen LogP contribution in [0.15, 0.2) is 11.0 Å². The fourth-order valence-electron chi connectivity index (χ4n) is 4.06. The van der Waals surface area contributed by atoms with Crippen LogP contribution in [0.1, 0.15) is 82.9 Å². The van der Waals surface area contributed by atoms with Crippen molar-refractivity contribution in [1.82, 2.24) is 4.72 Å². The van der Waals surface area contributed by atoms with E-state index >= 15 is 0 Å². The van der Waals surface area contributed by atoms with Crippen LogP contribution in [0, 0.1) is 0 Å². The first kappa shape index (κ1) is 19.7. The lowest BCUT2D eigenvalue weighted by atomic mass is 9.84. The zero-order valence-electron chi connectivity index (χ0n) is 16.4. The number of unbranched alkanes of at least 4 members (excludes halogenated alkanes) is 1. The average Bonchev–Trinajstić information content (AvgIpc) is 2.58. The molecule has 0 spiro atoms. The first-order valence-corrected chi connectivity index (χ1v) is 11.9. The highest BCUT2D eigenvalue weighted by Gasteiger charge is 2.30. The Kier molecular flexibility index (Phi) is 7.06. The molecule has 2 N–H and O–H groups in total. The SMILES string of the molecule is CCCCNS(CC)(CC)c1cc2c(c(C(C)C)c1O)CCCC2. The van der Waals surface area contributed by atoms with Gasteiger partial charge in [0.2, 0.25) is 0 Å². The summed E-state index contributed by atoms with van der Waals surface area (Å²) in [5, 5.41) is 11.3. The van der Waals surface area contributed by atoms with Gasteiger partial charge in [-0.25, -0.2) is 0 Å². The topological polar surface area (TPSA) is 32.3 Å². The van der Waals surface area contributed by atoms with Gasteiger partial charge >= 0.3 is 0 Å². The van der Waals surface area contributed by atoms with Crippen LogP contribution in [0.25, 0.3) is 0 Å². The largest absolute Gasteiger partial charge is 0.506 e. The summed E-state index contributed by atoms with van der Waals surface area (Å²) in [7, 11) is -1.14. The predicted octanol–water partition coefficient (Wildman–Crippen LogP) is 5.90. The number of hydrogen-bond donors (Lipinski definition) is 2. The van der Waals surface area contributed by atoms with Crippen molar-refractivity contribution < 1.29 is 5.11 Å². The molecule has 0 bridgehead atoms. The van der Waals surface area contributed by atoms with E-state index in [2.05, 4.69) is 45.4 Å². The van der Waals surface area contributed by atoms with E-state index in [9.17, 15) is 5.11 Å². The lowest BCUT2D eigenvalue weighted by Crippen LogP contribution is -2.27. The molecule has 0 radical (unpaired) electrons. The molecule has 24 heavy (non-hydrogen) atoms. The lowest BCUT2D eigenvalue weighted by molar-refractivity contribution is 0.447. The van der Waals surface area contributed by atoms with Crippen molar-refractivity contribution in [3.63, 3.8) is 0 Å². The summed E-state index contributed by atoms with van der Waals surface area (Å²) >= 11 is 0. The monoisotopic (exact) mass is 351 g/mol. The van der Waals surface area contributed by atoms with Gasteiger partial charge in [-0.1, -0.05) is 41.0 Å². The zero-order valence-corrected chi connectivity index (χ0v) is 17.2. The molecule has 0 atom stereocenters. The Hall–Kier alpha value is -0.670. The van der Waals surface area contributed by atoms with Gasteiger partial charge in [-0.3, -0.25) is 4.72 Å². The number of rotatable bonds is 8. The number of phenolic OH excluding ortho intramolecular Hbond substituents is 1. The van der Waals surface area contributed by atoms with Crippen molar-refractivity contribution in [2.75, 3.05) is 18.1 Å². The molecule has 0 saturated carbocycles. The molecule has 2 nitrogen and oxygen atoms in total. The minimum atomic E-state index is -1.14. The second kappa shape index (κ2) is 8.62. The molecule has 1 aromatic carbocycles. The summed E-state index contributed by atoms with van der Waals surface area (Å²) in [5.41, 5.74) is 4.19. The van der Waals surface area contributed by atoms with Gasteiger partial charge in [-0.15, -0.1) is 0 Å². The maximum Gasteiger partial charge on any atom is 0.132 e. The van der Waals surface area contributed by atoms with Crippen LogP contribution >= 0.6 is 10.2 Å². The normalized spacial score (nSPS) is 15.6. The van der Waals surface area contributed by atoms with E-state index in [4.69, 9.17) is 0 Å². The van der Waals surface area contributed by atoms with Gasteiger partial charge in [0.15, 0.2) is 0 Å². The fraction of sp³-hybridized carbons (Fsp3) is 0.714. The van der Waals surface area contributed by atoms with E-state index in [1.165, 1.54) is 53.7 Å². The Morgan fingerprint density at radius 2 is 1.79 bits per heavy atom. The number of hydrogen-bond acceptors (Lipinski definition) is 2. The van der Waals surface area contributed by atoms with Gasteiger partial charge in [0, 0.05) is 17.0 Å². The minimum absolute atomic E-state index is 0.387. The van der Waals surface area contributed by atoms with E-state index in [0.29, 0.717) is 11.7 Å². The summed E-state index contributed by atoms with van der Waals surface area (Å²) in [6.45, 7) is 12.3. The average molecular weight is 352 g/mol. The molecule has 3 heteroatoms. The van der Waals surface area contributed by atoms with Crippen molar-refractivity contribution in [3.05, 3.63) is 22.8 Å². The Bertz CT molecular complexity index is 549. The van der Waals surface area contributed by atoms with Crippen molar-refractivity contribution in [2.45, 2.75) is 84.0 Å². The molecule has 1 aromatic rings. The number of phenols is 1. The molecule has 0 aliphatic heterocycles. The van der Waals surface area contributed by atoms with E-state index in [1.807, 2.05) is 0 Å². The Morgan fingerprint density at radius 3 is 2.38 bits per heavy atom. The third-order valence-electron chi connectivity index (χ3n) is 5.52. The van der Waals surface area contributed by atoms with Crippen molar-refractivity contribution in [3.8, 4) is 5.75 Å². The van der Waals surface area contributed by atoms with Crippen molar-refractivity contribution in [1.29, 1.82) is 0 Å². The Balaban J connectivity index is 2.56. The third-order valence-corrected chi connectivity index (χ3v) is 9.40. The van der Waals surface area contributed by atoms with Gasteiger partial charge < -0.3 is 5.11 Å². The van der Waals surface area contributed by atoms with Crippen LogP contribution in [0.4, 0.5) is 0 Å². The molecule has 2 rings (SSSR count). The van der Waals surface area contributed by atoms with E-state index in [0.717, 1.165) is 24.5 Å². The molecular formula is C21H37NOS. The standard InChI is InChI=1S/C21H37NOS/c1-6-9-14-22-24(7-2,8-3)19-15-17-12-10-11-13-18(17)20(16(4)5)21(19)23/h15-16,22-23H,6-14H2,1-5H3. The lowest BCUT2D eigenvalue weighted by Gasteiger charge is -2.42. The van der Waals surface area contributed by atoms with E-state index in [-0.39, 0.29) is 0 Å². The number of aromatic hydroxyl groups is 1. The molecule has 0 aromatic heterocycles. The molecule has 0 saturated heterocycles. The molecule has 138 valence electrons. The van der Waals surface area contributed by atoms with Crippen LogP contribution in [-0.4, -0.2) is 23.2 Å². The van der Waals surface area contributed by atoms with Crippen LogP contribution in [0.3, 0.4) is 0 Å². The quantitative estimate of drug-likeness (QED) is 0.571. The van der Waals surface area contributed by atoms with Gasteiger partial charge in [-0.2, -0.15) is 10.2 Å². The second-order valence-corrected chi connectivity index (χ2v) is 11.0. The molecule has 0 fully saturated rings. The third kappa shape index (κ3) is 3.77. The number of benzene rings is 1. The van der Waals surface area contributed by atoms with Crippen LogP contribution in [0.5, 0.6) is 5.75 Å². The fourth-order valence-corrected chi connectivity index (χ4v) is 7.04. The minimum Gasteiger partial charge on any atom is -0.506 e. The van der Waals surface area contributed by atoms with Crippen LogP contribution in [-0.2, 0) is 12.8 Å². The number of nitrogens with one attached hydrogen (secondary N) is 1. The summed E-state index contributed by atoms with van der Waals surface area (Å²) < 4.78 is 3.89. The Labute approximate surface area is 150 Å². The van der Waals surface area contributed by atoms with E-state index < -0.39 is 10.2 Å². The Morgan fingerprint density at radius 1 is 1.12 bits per heavy atom. The highest BCUT2D eigenvalue weighted by Crippen LogP contribution is 2.57. The second-order valence-electron chi connectivity index (χ2n) is 7.35. The smallest absolute Gasteiger partial charge is 0.132 e. The highest BCUT2D eigenvalue weighted by atomic mass is 32.3. The summed E-state index contributed by atoms with van der Waals surface area (Å²) in [6.07, 6.45) is 7.29. The molecule has 1 aliphatic rings. The first-order valence-electron chi connectivity index (χ1n) is 9.91. The van der Waals surface area contributed by atoms with Gasteiger partial charge in [0.1, 0.15) is 5.75 Å².